The van der Waals surface area contributed by atoms with Gasteiger partial charge in [0.2, 0.25) is 0 Å². The highest BCUT2D eigenvalue weighted by molar-refractivity contribution is 5.64. The lowest BCUT2D eigenvalue weighted by Gasteiger charge is -2.72. The molecule has 4 heteroatoms. The van der Waals surface area contributed by atoms with Crippen LogP contribution in [0.3, 0.4) is 0 Å². The predicted octanol–water partition coefficient (Wildman–Crippen LogP) is 5.29. The highest BCUT2D eigenvalue weighted by Crippen LogP contribution is 2.75. The van der Waals surface area contributed by atoms with Crippen LogP contribution in [-0.2, 0) is 4.79 Å². The minimum atomic E-state index is -0.885. The summed E-state index contributed by atoms with van der Waals surface area (Å²) in [5.74, 6) is 0.830. The number of hydrogen-bond donors (Lipinski definition) is 3. The van der Waals surface area contributed by atoms with Crippen molar-refractivity contribution in [3.8, 4) is 0 Å². The number of aliphatic hydroxyl groups excluding tert-OH is 2. The molecule has 0 spiro atoms. The Hall–Kier alpha value is -0.710. The molecule has 0 aromatic carbocycles. The lowest BCUT2D eigenvalue weighted by molar-refractivity contribution is -0.235. The molecule has 0 bridgehead atoms. The highest BCUT2D eigenvalue weighted by Gasteiger charge is 2.70. The molecule has 192 valence electrons. The predicted molar refractivity (Wildman–Crippen MR) is 134 cm³/mol. The van der Waals surface area contributed by atoms with E-state index in [1.54, 1.807) is 0 Å². The molecule has 11 atom stereocenters. The van der Waals surface area contributed by atoms with E-state index in [2.05, 4.69) is 47.6 Å². The summed E-state index contributed by atoms with van der Waals surface area (Å²) in [5, 5.41) is 33.7. The van der Waals surface area contributed by atoms with Crippen molar-refractivity contribution >= 4 is 6.29 Å². The Morgan fingerprint density at radius 3 is 2.26 bits per heavy atom. The van der Waals surface area contributed by atoms with E-state index < -0.39 is 23.2 Å². The lowest BCUT2D eigenvalue weighted by Crippen LogP contribution is -2.68. The van der Waals surface area contributed by atoms with Crippen LogP contribution < -0.4 is 0 Å². The van der Waals surface area contributed by atoms with Crippen LogP contribution in [0.15, 0.2) is 11.6 Å². The van der Waals surface area contributed by atoms with Gasteiger partial charge in [0.1, 0.15) is 6.29 Å². The van der Waals surface area contributed by atoms with Crippen molar-refractivity contribution in [3.63, 3.8) is 0 Å². The number of carbonyl (C=O) groups is 1. The maximum atomic E-state index is 12.6. The fourth-order valence-corrected chi connectivity index (χ4v) is 10.9. The van der Waals surface area contributed by atoms with Gasteiger partial charge >= 0.3 is 0 Å². The zero-order valence-electron chi connectivity index (χ0n) is 22.5. The maximum absolute atomic E-state index is 12.6. The van der Waals surface area contributed by atoms with Crippen molar-refractivity contribution in [1.29, 1.82) is 0 Å². The van der Waals surface area contributed by atoms with Crippen molar-refractivity contribution in [2.45, 2.75) is 118 Å². The van der Waals surface area contributed by atoms with Crippen LogP contribution >= 0.6 is 0 Å². The molecule has 0 heterocycles. The van der Waals surface area contributed by atoms with Crippen LogP contribution in [-0.4, -0.2) is 39.4 Å². The van der Waals surface area contributed by atoms with E-state index >= 15 is 0 Å². The monoisotopic (exact) mass is 472 g/mol. The van der Waals surface area contributed by atoms with E-state index in [4.69, 9.17) is 0 Å². The second-order valence-electron chi connectivity index (χ2n) is 14.8. The van der Waals surface area contributed by atoms with E-state index in [0.717, 1.165) is 44.9 Å². The fourth-order valence-electron chi connectivity index (χ4n) is 10.9. The van der Waals surface area contributed by atoms with E-state index in [0.29, 0.717) is 18.3 Å². The van der Waals surface area contributed by atoms with Gasteiger partial charge in [0.15, 0.2) is 0 Å². The second-order valence-corrected chi connectivity index (χ2v) is 14.8. The summed E-state index contributed by atoms with van der Waals surface area (Å²) in [4.78, 5) is 12.6. The molecule has 4 fully saturated rings. The molecule has 5 aliphatic carbocycles. The van der Waals surface area contributed by atoms with E-state index in [-0.39, 0.29) is 33.5 Å². The Bertz CT molecular complexity index is 905. The van der Waals surface area contributed by atoms with Gasteiger partial charge in [0, 0.05) is 11.3 Å². The molecule has 0 aromatic heterocycles. The molecule has 0 saturated heterocycles. The third-order valence-corrected chi connectivity index (χ3v) is 13.3. The van der Waals surface area contributed by atoms with Crippen molar-refractivity contribution in [3.05, 3.63) is 11.6 Å². The molecule has 0 radical (unpaired) electrons. The first-order valence-corrected chi connectivity index (χ1v) is 13.9. The van der Waals surface area contributed by atoms with Crippen molar-refractivity contribution < 1.29 is 20.1 Å². The van der Waals surface area contributed by atoms with Gasteiger partial charge in [-0.25, -0.2) is 0 Å². The topological polar surface area (TPSA) is 77.8 Å². The van der Waals surface area contributed by atoms with Gasteiger partial charge in [0.25, 0.3) is 0 Å². The smallest absolute Gasteiger partial charge is 0.126 e. The summed E-state index contributed by atoms with van der Waals surface area (Å²) >= 11 is 0. The first-order valence-electron chi connectivity index (χ1n) is 13.9. The molecule has 0 amide bonds. The summed E-state index contributed by atoms with van der Waals surface area (Å²) in [7, 11) is 0. The number of hydrogen-bond acceptors (Lipinski definition) is 4. The summed E-state index contributed by atoms with van der Waals surface area (Å²) in [6.45, 7) is 15.7. The maximum Gasteiger partial charge on any atom is 0.126 e. The van der Waals surface area contributed by atoms with Crippen LogP contribution in [0.1, 0.15) is 99.8 Å². The zero-order chi connectivity index (χ0) is 25.1. The number of fused-ring (bicyclic) bond motifs is 7. The lowest BCUT2D eigenvalue weighted by atomic mass is 9.33. The molecule has 5 aliphatic rings. The van der Waals surface area contributed by atoms with Crippen molar-refractivity contribution in [2.75, 3.05) is 0 Å². The minimum Gasteiger partial charge on any atom is -0.390 e. The molecular weight excluding hydrogens is 424 g/mol. The molecule has 4 nitrogen and oxygen atoms in total. The number of aldehydes is 1. The quantitative estimate of drug-likeness (QED) is 0.358. The standard InChI is InChI=1S/C30H48O4/c1-18-10-13-30(17-31)15-14-27(5)19(23(30)29(18,7)34)8-9-22-26(4)16-20(32)24(33)25(2,3)21(26)11-12-28(22,27)6/h8,17-18,20-24,32-34H,9-16H2,1-7H3/t18-,20+,21?,22?,23?,24+,26+,27-,28-,29-,30-/m1/s1. The molecular formula is C30H48O4. The Morgan fingerprint density at radius 1 is 0.941 bits per heavy atom. The van der Waals surface area contributed by atoms with Gasteiger partial charge < -0.3 is 20.1 Å². The van der Waals surface area contributed by atoms with E-state index in [9.17, 15) is 20.1 Å². The summed E-state index contributed by atoms with van der Waals surface area (Å²) in [6.07, 6.45) is 9.62. The summed E-state index contributed by atoms with van der Waals surface area (Å²) in [5.41, 5.74) is -0.399. The minimum absolute atomic E-state index is 0.0340. The molecule has 5 rings (SSSR count). The molecule has 3 unspecified atom stereocenters. The summed E-state index contributed by atoms with van der Waals surface area (Å²) in [6, 6.07) is 0. The van der Waals surface area contributed by atoms with Crippen LogP contribution in [0, 0.1) is 50.7 Å². The normalized spacial score (nSPS) is 58.5. The van der Waals surface area contributed by atoms with Gasteiger partial charge in [-0.2, -0.15) is 0 Å². The van der Waals surface area contributed by atoms with E-state index in [1.807, 2.05) is 6.92 Å². The molecule has 3 N–H and O–H groups in total. The Morgan fingerprint density at radius 2 is 1.62 bits per heavy atom. The van der Waals surface area contributed by atoms with Gasteiger partial charge in [-0.15, -0.1) is 0 Å². The third kappa shape index (κ3) is 2.74. The zero-order valence-corrected chi connectivity index (χ0v) is 22.5. The van der Waals surface area contributed by atoms with Crippen LogP contribution in [0.25, 0.3) is 0 Å². The van der Waals surface area contributed by atoms with E-state index in [1.165, 1.54) is 11.9 Å². The Balaban J connectivity index is 1.64. The van der Waals surface area contributed by atoms with Crippen LogP contribution in [0.4, 0.5) is 0 Å². The Labute approximate surface area is 206 Å². The van der Waals surface area contributed by atoms with Crippen LogP contribution in [0.2, 0.25) is 0 Å². The first-order chi connectivity index (χ1) is 15.6. The Kier molecular flexibility index (Phi) is 5.28. The highest BCUT2D eigenvalue weighted by atomic mass is 16.3. The molecule has 0 aliphatic heterocycles. The number of rotatable bonds is 1. The van der Waals surface area contributed by atoms with Gasteiger partial charge in [-0.3, -0.25) is 0 Å². The average molecular weight is 473 g/mol. The molecule has 4 saturated carbocycles. The van der Waals surface area contributed by atoms with Gasteiger partial charge in [0.05, 0.1) is 17.8 Å². The molecule has 0 aromatic rings. The van der Waals surface area contributed by atoms with Crippen molar-refractivity contribution in [2.24, 2.45) is 50.7 Å². The number of carbonyl (C=O) groups excluding carboxylic acids is 1. The number of aliphatic hydroxyl groups is 3. The van der Waals surface area contributed by atoms with Crippen LogP contribution in [0.5, 0.6) is 0 Å². The SMILES string of the molecule is C[C@@H]1CC[C@]2(C=O)CC[C@]3(C)C(=CCC4[C@@]5(C)C[C@H](O)[C@H](O)C(C)(C)C5CC[C@]43C)C2[C@]1(C)O. The first kappa shape index (κ1) is 25.0. The number of allylic oxidation sites excluding steroid dienone is 1. The average Bonchev–Trinajstić information content (AvgIpc) is 2.75. The summed E-state index contributed by atoms with van der Waals surface area (Å²) < 4.78 is 0. The second kappa shape index (κ2) is 7.19. The fraction of sp³-hybridized carbons (Fsp3) is 0.900. The largest absolute Gasteiger partial charge is 0.390 e. The van der Waals surface area contributed by atoms with Gasteiger partial charge in [-0.1, -0.05) is 53.2 Å². The molecule has 34 heavy (non-hydrogen) atoms. The van der Waals surface area contributed by atoms with Crippen molar-refractivity contribution in [1.82, 2.24) is 0 Å². The third-order valence-electron chi connectivity index (χ3n) is 13.3. The van der Waals surface area contributed by atoms with Gasteiger partial charge in [-0.05, 0) is 97.7 Å².